The van der Waals surface area contributed by atoms with Gasteiger partial charge in [-0.15, -0.1) is 0 Å². The Balaban J connectivity index is 2.34. The molecule has 6 heteroatoms. The van der Waals surface area contributed by atoms with Crippen LogP contribution in [0, 0.1) is 5.82 Å². The van der Waals surface area contributed by atoms with Crippen LogP contribution < -0.4 is 10.6 Å². The van der Waals surface area contributed by atoms with Gasteiger partial charge in [-0.3, -0.25) is 0 Å². The van der Waals surface area contributed by atoms with Gasteiger partial charge >= 0.3 is 6.03 Å². The Labute approximate surface area is 110 Å². The molecule has 0 aliphatic heterocycles. The number of benzene rings is 1. The van der Waals surface area contributed by atoms with Crippen molar-refractivity contribution in [2.75, 3.05) is 25.1 Å². The van der Waals surface area contributed by atoms with E-state index in [1.807, 2.05) is 6.92 Å². The summed E-state index contributed by atoms with van der Waals surface area (Å²) in [5.41, 5.74) is 0.0600. The monoisotopic (exact) mass is 274 g/mol. The van der Waals surface area contributed by atoms with Gasteiger partial charge in [0.25, 0.3) is 0 Å². The Bertz CT molecular complexity index is 402. The average Bonchev–Trinajstić information content (AvgIpc) is 2.35. The first-order chi connectivity index (χ1) is 8.65. The maximum atomic E-state index is 13.5. The van der Waals surface area contributed by atoms with Gasteiger partial charge in [-0.1, -0.05) is 17.7 Å². The lowest BCUT2D eigenvalue weighted by molar-refractivity contribution is 0.145. The lowest BCUT2D eigenvalue weighted by Gasteiger charge is -2.08. The number of carbonyl (C=O) groups excluding carboxylic acids is 1. The van der Waals surface area contributed by atoms with Crippen molar-refractivity contribution in [2.45, 2.75) is 13.3 Å². The van der Waals surface area contributed by atoms with Gasteiger partial charge in [0.1, 0.15) is 0 Å². The largest absolute Gasteiger partial charge is 0.382 e. The van der Waals surface area contributed by atoms with Crippen LogP contribution in [0.1, 0.15) is 13.3 Å². The standard InChI is InChI=1S/C12H16ClFN2O2/c1-2-18-8-4-7-15-12(17)16-10-6-3-5-9(13)11(10)14/h3,5-6H,2,4,7-8H2,1H3,(H2,15,16,17). The van der Waals surface area contributed by atoms with Crippen LogP contribution in [0.4, 0.5) is 14.9 Å². The molecule has 0 saturated heterocycles. The van der Waals surface area contributed by atoms with Gasteiger partial charge in [-0.05, 0) is 25.5 Å². The van der Waals surface area contributed by atoms with E-state index in [9.17, 15) is 9.18 Å². The van der Waals surface area contributed by atoms with E-state index in [0.717, 1.165) is 0 Å². The first-order valence-corrected chi connectivity index (χ1v) is 6.09. The highest BCUT2D eigenvalue weighted by Gasteiger charge is 2.08. The molecular formula is C12H16ClFN2O2. The highest BCUT2D eigenvalue weighted by atomic mass is 35.5. The third-order valence-electron chi connectivity index (χ3n) is 2.15. The van der Waals surface area contributed by atoms with Gasteiger partial charge in [0, 0.05) is 19.8 Å². The molecule has 0 aliphatic rings. The first kappa shape index (κ1) is 14.7. The summed E-state index contributed by atoms with van der Waals surface area (Å²) in [5.74, 6) is -0.636. The number of halogens is 2. The van der Waals surface area contributed by atoms with E-state index < -0.39 is 11.8 Å². The molecule has 0 bridgehead atoms. The smallest absolute Gasteiger partial charge is 0.319 e. The number of nitrogens with one attached hydrogen (secondary N) is 2. The van der Waals surface area contributed by atoms with Gasteiger partial charge in [-0.2, -0.15) is 0 Å². The molecular weight excluding hydrogens is 259 g/mol. The third-order valence-corrected chi connectivity index (χ3v) is 2.45. The molecule has 18 heavy (non-hydrogen) atoms. The minimum absolute atomic E-state index is 0.0239. The fraction of sp³-hybridized carbons (Fsp3) is 0.417. The topological polar surface area (TPSA) is 50.4 Å². The second kappa shape index (κ2) is 7.89. The minimum atomic E-state index is -0.636. The number of urea groups is 1. The van der Waals surface area contributed by atoms with Crippen molar-refractivity contribution < 1.29 is 13.9 Å². The fourth-order valence-corrected chi connectivity index (χ4v) is 1.46. The van der Waals surface area contributed by atoms with Crippen molar-refractivity contribution in [3.8, 4) is 0 Å². The molecule has 0 spiro atoms. The van der Waals surface area contributed by atoms with Gasteiger partial charge in [-0.25, -0.2) is 9.18 Å². The van der Waals surface area contributed by atoms with E-state index in [1.165, 1.54) is 12.1 Å². The lowest BCUT2D eigenvalue weighted by atomic mass is 10.3. The molecule has 0 unspecified atom stereocenters. The van der Waals surface area contributed by atoms with Crippen LogP contribution in [0.5, 0.6) is 0 Å². The van der Waals surface area contributed by atoms with Crippen LogP contribution in [0.2, 0.25) is 5.02 Å². The molecule has 2 N–H and O–H groups in total. The molecule has 2 amide bonds. The van der Waals surface area contributed by atoms with E-state index in [-0.39, 0.29) is 10.7 Å². The Morgan fingerprint density at radius 2 is 2.28 bits per heavy atom. The highest BCUT2D eigenvalue weighted by Crippen LogP contribution is 2.21. The van der Waals surface area contributed by atoms with Crippen molar-refractivity contribution in [3.63, 3.8) is 0 Å². The zero-order chi connectivity index (χ0) is 13.4. The molecule has 0 aromatic heterocycles. The van der Waals surface area contributed by atoms with Gasteiger partial charge in [0.2, 0.25) is 0 Å². The van der Waals surface area contributed by atoms with Crippen LogP contribution in [0.25, 0.3) is 0 Å². The minimum Gasteiger partial charge on any atom is -0.382 e. The van der Waals surface area contributed by atoms with Gasteiger partial charge < -0.3 is 15.4 Å². The SMILES string of the molecule is CCOCCCNC(=O)Nc1cccc(Cl)c1F. The summed E-state index contributed by atoms with van der Waals surface area (Å²) in [4.78, 5) is 11.4. The van der Waals surface area contributed by atoms with Gasteiger partial charge in [0.15, 0.2) is 5.82 Å². The zero-order valence-corrected chi connectivity index (χ0v) is 10.9. The Morgan fingerprint density at radius 3 is 3.00 bits per heavy atom. The molecule has 4 nitrogen and oxygen atoms in total. The summed E-state index contributed by atoms with van der Waals surface area (Å²) >= 11 is 5.60. The van der Waals surface area contributed by atoms with Crippen molar-refractivity contribution >= 4 is 23.3 Å². The number of anilines is 1. The van der Waals surface area contributed by atoms with Gasteiger partial charge in [0.05, 0.1) is 10.7 Å². The van der Waals surface area contributed by atoms with Crippen molar-refractivity contribution in [1.29, 1.82) is 0 Å². The zero-order valence-electron chi connectivity index (χ0n) is 10.1. The molecule has 0 fully saturated rings. The third kappa shape index (κ3) is 4.89. The van der Waals surface area contributed by atoms with Crippen LogP contribution >= 0.6 is 11.6 Å². The van der Waals surface area contributed by atoms with Crippen molar-refractivity contribution in [2.24, 2.45) is 0 Å². The molecule has 0 heterocycles. The molecule has 0 aliphatic carbocycles. The van der Waals surface area contributed by atoms with Crippen LogP contribution in [0.15, 0.2) is 18.2 Å². The van der Waals surface area contributed by atoms with Crippen LogP contribution in [0.3, 0.4) is 0 Å². The van der Waals surface area contributed by atoms with E-state index in [4.69, 9.17) is 16.3 Å². The summed E-state index contributed by atoms with van der Waals surface area (Å²) in [7, 11) is 0. The molecule has 0 radical (unpaired) electrons. The lowest BCUT2D eigenvalue weighted by Crippen LogP contribution is -2.30. The summed E-state index contributed by atoms with van der Waals surface area (Å²) < 4.78 is 18.6. The predicted molar refractivity (Wildman–Crippen MR) is 69.5 cm³/mol. The maximum absolute atomic E-state index is 13.5. The Hall–Kier alpha value is -1.33. The molecule has 100 valence electrons. The second-order valence-corrected chi connectivity index (χ2v) is 3.94. The van der Waals surface area contributed by atoms with Crippen molar-refractivity contribution in [3.05, 3.63) is 29.0 Å². The number of amides is 2. The van der Waals surface area contributed by atoms with E-state index in [2.05, 4.69) is 10.6 Å². The summed E-state index contributed by atoms with van der Waals surface area (Å²) in [6.45, 7) is 3.61. The quantitative estimate of drug-likeness (QED) is 0.784. The van der Waals surface area contributed by atoms with E-state index >= 15 is 0 Å². The molecule has 0 atom stereocenters. The number of ether oxygens (including phenoxy) is 1. The van der Waals surface area contributed by atoms with E-state index in [0.29, 0.717) is 26.2 Å². The van der Waals surface area contributed by atoms with E-state index in [1.54, 1.807) is 6.07 Å². The molecule has 1 rings (SSSR count). The van der Waals surface area contributed by atoms with Crippen LogP contribution in [-0.4, -0.2) is 25.8 Å². The first-order valence-electron chi connectivity index (χ1n) is 5.71. The normalized spacial score (nSPS) is 10.2. The van der Waals surface area contributed by atoms with Crippen molar-refractivity contribution in [1.82, 2.24) is 5.32 Å². The predicted octanol–water partition coefficient (Wildman–Crippen LogP) is 3.03. The summed E-state index contributed by atoms with van der Waals surface area (Å²) in [6, 6.07) is 3.96. The molecule has 0 saturated carbocycles. The fourth-order valence-electron chi connectivity index (χ4n) is 1.29. The number of hydrogen-bond donors (Lipinski definition) is 2. The summed E-state index contributed by atoms with van der Waals surface area (Å²) in [5, 5.41) is 4.96. The Kier molecular flexibility index (Phi) is 6.46. The Morgan fingerprint density at radius 1 is 1.50 bits per heavy atom. The number of hydrogen-bond acceptors (Lipinski definition) is 2. The highest BCUT2D eigenvalue weighted by molar-refractivity contribution is 6.31. The van der Waals surface area contributed by atoms with Crippen LogP contribution in [-0.2, 0) is 4.74 Å². The summed E-state index contributed by atoms with van der Waals surface area (Å²) in [6.07, 6.45) is 0.708. The number of carbonyl (C=O) groups is 1. The molecule has 1 aromatic rings. The average molecular weight is 275 g/mol. The second-order valence-electron chi connectivity index (χ2n) is 3.53. The number of rotatable bonds is 6. The maximum Gasteiger partial charge on any atom is 0.319 e. The molecule has 1 aromatic carbocycles.